The minimum atomic E-state index is 0.267. The zero-order chi connectivity index (χ0) is 15.0. The second kappa shape index (κ2) is 6.55. The third kappa shape index (κ3) is 3.46. The van der Waals surface area contributed by atoms with Gasteiger partial charge in [0.05, 0.1) is 12.7 Å². The number of carbonyl (C=O) groups is 1. The summed E-state index contributed by atoms with van der Waals surface area (Å²) in [7, 11) is 0. The highest BCUT2D eigenvalue weighted by Crippen LogP contribution is 2.33. The molecule has 2 saturated heterocycles. The molecule has 1 aliphatic carbocycles. The molecule has 3 atom stereocenters. The van der Waals surface area contributed by atoms with Crippen LogP contribution in [0.25, 0.3) is 0 Å². The lowest BCUT2D eigenvalue weighted by molar-refractivity contribution is -0.126. The summed E-state index contributed by atoms with van der Waals surface area (Å²) in [6, 6.07) is 0.522. The molecule has 4 heteroatoms. The maximum atomic E-state index is 12.6. The van der Waals surface area contributed by atoms with Crippen molar-refractivity contribution < 1.29 is 4.79 Å². The van der Waals surface area contributed by atoms with Crippen LogP contribution in [0.3, 0.4) is 0 Å². The highest BCUT2D eigenvalue weighted by atomic mass is 35.5. The number of rotatable bonds is 3. The van der Waals surface area contributed by atoms with Crippen molar-refractivity contribution in [3.8, 4) is 0 Å². The van der Waals surface area contributed by atoms with Crippen molar-refractivity contribution in [3.63, 3.8) is 0 Å². The lowest BCUT2D eigenvalue weighted by Crippen LogP contribution is -2.47. The van der Waals surface area contributed by atoms with Gasteiger partial charge in [0.2, 0.25) is 0 Å². The fraction of sp³-hybridized carbons (Fsp3) is 0.941. The predicted molar refractivity (Wildman–Crippen MR) is 86.5 cm³/mol. The summed E-state index contributed by atoms with van der Waals surface area (Å²) in [5, 5.41) is 0.301. The quantitative estimate of drug-likeness (QED) is 0.748. The normalized spacial score (nSPS) is 42.0. The number of hydrogen-bond donors (Lipinski definition) is 0. The number of nitrogens with zero attached hydrogens (tertiary/aromatic N) is 2. The van der Waals surface area contributed by atoms with Crippen LogP contribution in [0.2, 0.25) is 0 Å². The van der Waals surface area contributed by atoms with Crippen LogP contribution in [0, 0.1) is 11.8 Å². The van der Waals surface area contributed by atoms with E-state index in [9.17, 15) is 4.79 Å². The topological polar surface area (TPSA) is 23.6 Å². The predicted octanol–water partition coefficient (Wildman–Crippen LogP) is 3.12. The van der Waals surface area contributed by atoms with E-state index < -0.39 is 0 Å². The average molecular weight is 313 g/mol. The zero-order valence-corrected chi connectivity index (χ0v) is 14.2. The van der Waals surface area contributed by atoms with Gasteiger partial charge in [0.15, 0.2) is 0 Å². The van der Waals surface area contributed by atoms with E-state index in [0.717, 1.165) is 38.1 Å². The Morgan fingerprint density at radius 3 is 2.48 bits per heavy atom. The number of fused-ring (bicyclic) bond motifs is 1. The smallest absolute Gasteiger partial charge is 0.149 e. The van der Waals surface area contributed by atoms with Crippen LogP contribution in [0.4, 0.5) is 0 Å². The van der Waals surface area contributed by atoms with Crippen LogP contribution in [-0.4, -0.2) is 52.8 Å². The maximum Gasteiger partial charge on any atom is 0.149 e. The number of Topliss-reactive ketones (excluding diaryl/α,β-unsaturated/α-hetero) is 1. The number of piperidine rings is 1. The summed E-state index contributed by atoms with van der Waals surface area (Å²) in [6.45, 7) is 7.63. The molecular weight excluding hydrogens is 284 g/mol. The Balaban J connectivity index is 1.58. The Labute approximate surface area is 134 Å². The van der Waals surface area contributed by atoms with E-state index in [1.54, 1.807) is 0 Å². The molecule has 0 bridgehead atoms. The second-order valence-electron chi connectivity index (χ2n) is 7.55. The SMILES string of the molecule is CC1CCC2N(C1)CC(C)N2CC(=O)C1CCC(Cl)CC1. The van der Waals surface area contributed by atoms with Crippen LogP contribution in [0.5, 0.6) is 0 Å². The highest BCUT2D eigenvalue weighted by Gasteiger charge is 2.41. The average Bonchev–Trinajstić information content (AvgIpc) is 2.75. The number of carbonyl (C=O) groups excluding carboxylic acids is 1. The Bertz CT molecular complexity index is 381. The molecular formula is C17H29ClN2O. The summed E-state index contributed by atoms with van der Waals surface area (Å²) in [6.07, 6.45) is 7.08. The first kappa shape index (κ1) is 15.8. The van der Waals surface area contributed by atoms with E-state index in [1.165, 1.54) is 19.4 Å². The molecule has 3 fully saturated rings. The molecule has 3 aliphatic rings. The number of hydrogen-bond acceptors (Lipinski definition) is 3. The van der Waals surface area contributed by atoms with Gasteiger partial charge in [-0.2, -0.15) is 0 Å². The van der Waals surface area contributed by atoms with Crippen molar-refractivity contribution in [1.29, 1.82) is 0 Å². The summed E-state index contributed by atoms with van der Waals surface area (Å²) in [5.74, 6) is 1.54. The monoisotopic (exact) mass is 312 g/mol. The van der Waals surface area contributed by atoms with Gasteiger partial charge in [0, 0.05) is 30.4 Å². The van der Waals surface area contributed by atoms with Crippen LogP contribution in [0.15, 0.2) is 0 Å². The molecule has 0 aromatic heterocycles. The molecule has 21 heavy (non-hydrogen) atoms. The van der Waals surface area contributed by atoms with Gasteiger partial charge in [-0.3, -0.25) is 14.6 Å². The molecule has 0 aromatic carbocycles. The molecule has 2 aliphatic heterocycles. The molecule has 0 amide bonds. The first-order chi connectivity index (χ1) is 10.0. The molecule has 0 aromatic rings. The van der Waals surface area contributed by atoms with Crippen molar-refractivity contribution in [2.75, 3.05) is 19.6 Å². The van der Waals surface area contributed by atoms with Gasteiger partial charge in [-0.25, -0.2) is 0 Å². The molecule has 3 nitrogen and oxygen atoms in total. The van der Waals surface area contributed by atoms with Crippen molar-refractivity contribution in [3.05, 3.63) is 0 Å². The van der Waals surface area contributed by atoms with Crippen molar-refractivity contribution >= 4 is 17.4 Å². The van der Waals surface area contributed by atoms with Crippen molar-refractivity contribution in [2.24, 2.45) is 11.8 Å². The summed E-state index contributed by atoms with van der Waals surface area (Å²) in [5.41, 5.74) is 0. The molecule has 0 radical (unpaired) electrons. The van der Waals surface area contributed by atoms with E-state index >= 15 is 0 Å². The van der Waals surface area contributed by atoms with Gasteiger partial charge in [-0.05, 0) is 51.4 Å². The maximum absolute atomic E-state index is 12.6. The summed E-state index contributed by atoms with van der Waals surface area (Å²) >= 11 is 6.16. The highest BCUT2D eigenvalue weighted by molar-refractivity contribution is 6.20. The van der Waals surface area contributed by atoms with Gasteiger partial charge >= 0.3 is 0 Å². The van der Waals surface area contributed by atoms with Gasteiger partial charge < -0.3 is 0 Å². The molecule has 0 spiro atoms. The molecule has 3 rings (SSSR count). The van der Waals surface area contributed by atoms with E-state index in [0.29, 0.717) is 29.9 Å². The lowest BCUT2D eigenvalue weighted by atomic mass is 9.85. The van der Waals surface area contributed by atoms with E-state index in [-0.39, 0.29) is 5.92 Å². The molecule has 120 valence electrons. The summed E-state index contributed by atoms with van der Waals surface area (Å²) < 4.78 is 0. The standard InChI is InChI=1S/C17H29ClN2O/c1-12-3-8-17-19(9-12)10-13(2)20(17)11-16(21)14-4-6-15(18)7-5-14/h12-15,17H,3-11H2,1-2H3. The van der Waals surface area contributed by atoms with Crippen LogP contribution < -0.4 is 0 Å². The van der Waals surface area contributed by atoms with Crippen molar-refractivity contribution in [1.82, 2.24) is 9.80 Å². The Morgan fingerprint density at radius 2 is 1.76 bits per heavy atom. The Hall–Kier alpha value is -0.120. The second-order valence-corrected chi connectivity index (χ2v) is 8.17. The lowest BCUT2D eigenvalue weighted by Gasteiger charge is -2.37. The zero-order valence-electron chi connectivity index (χ0n) is 13.4. The fourth-order valence-corrected chi connectivity index (χ4v) is 4.74. The van der Waals surface area contributed by atoms with Crippen LogP contribution in [-0.2, 0) is 4.79 Å². The largest absolute Gasteiger partial charge is 0.298 e. The van der Waals surface area contributed by atoms with Crippen LogP contribution in [0.1, 0.15) is 52.4 Å². The molecule has 0 N–H and O–H groups in total. The van der Waals surface area contributed by atoms with Gasteiger partial charge in [-0.15, -0.1) is 11.6 Å². The van der Waals surface area contributed by atoms with Gasteiger partial charge in [0.1, 0.15) is 5.78 Å². The Kier molecular flexibility index (Phi) is 4.92. The minimum absolute atomic E-state index is 0.267. The van der Waals surface area contributed by atoms with Gasteiger partial charge in [-0.1, -0.05) is 6.92 Å². The molecule has 3 unspecified atom stereocenters. The molecule has 1 saturated carbocycles. The number of alkyl halides is 1. The summed E-state index contributed by atoms with van der Waals surface area (Å²) in [4.78, 5) is 17.7. The van der Waals surface area contributed by atoms with Gasteiger partial charge in [0.25, 0.3) is 0 Å². The molecule has 2 heterocycles. The van der Waals surface area contributed by atoms with E-state index in [4.69, 9.17) is 11.6 Å². The number of ketones is 1. The third-order valence-electron chi connectivity index (χ3n) is 5.78. The number of halogens is 1. The first-order valence-corrected chi connectivity index (χ1v) is 9.14. The van der Waals surface area contributed by atoms with E-state index in [1.807, 2.05) is 0 Å². The van der Waals surface area contributed by atoms with E-state index in [2.05, 4.69) is 23.6 Å². The minimum Gasteiger partial charge on any atom is -0.298 e. The Morgan fingerprint density at radius 1 is 1.05 bits per heavy atom. The fourth-order valence-electron chi connectivity index (χ4n) is 4.48. The van der Waals surface area contributed by atoms with Crippen molar-refractivity contribution in [2.45, 2.75) is 70.0 Å². The first-order valence-electron chi connectivity index (χ1n) is 8.71. The third-order valence-corrected chi connectivity index (χ3v) is 6.22. The van der Waals surface area contributed by atoms with Crippen LogP contribution >= 0.6 is 11.6 Å².